The lowest BCUT2D eigenvalue weighted by molar-refractivity contribution is -0.376. The van der Waals surface area contributed by atoms with Gasteiger partial charge in [0.25, 0.3) is 11.5 Å². The molecule has 3 N–H and O–H groups in total. The predicted molar refractivity (Wildman–Crippen MR) is 111 cm³/mol. The Morgan fingerprint density at radius 3 is 1.82 bits per heavy atom. The van der Waals surface area contributed by atoms with Crippen LogP contribution in [0.5, 0.6) is 0 Å². The third kappa shape index (κ3) is 5.13. The zero-order valence-electron chi connectivity index (χ0n) is 17.7. The molecule has 0 spiro atoms. The van der Waals surface area contributed by atoms with Crippen molar-refractivity contribution in [1.29, 1.82) is 0 Å². The molecule has 0 radical (unpaired) electrons. The van der Waals surface area contributed by atoms with Crippen molar-refractivity contribution in [3.05, 3.63) is 70.8 Å². The molecule has 1 aliphatic rings. The highest BCUT2D eigenvalue weighted by Gasteiger charge is 2.71. The van der Waals surface area contributed by atoms with E-state index in [4.69, 9.17) is 0 Å². The number of aliphatic hydroxyl groups is 1. The van der Waals surface area contributed by atoms with E-state index in [1.807, 2.05) is 0 Å². The molecule has 1 saturated carbocycles. The Labute approximate surface area is 193 Å². The van der Waals surface area contributed by atoms with E-state index >= 15 is 0 Å². The number of carbonyl (C=O) groups is 1. The van der Waals surface area contributed by atoms with Gasteiger partial charge >= 0.3 is 12.4 Å². The lowest BCUT2D eigenvalue weighted by Gasteiger charge is -2.32. The average Bonchev–Trinajstić information content (AvgIpc) is 3.57. The number of benzene rings is 2. The summed E-state index contributed by atoms with van der Waals surface area (Å²) < 4.78 is 99.1. The molecule has 0 saturated heterocycles. The van der Waals surface area contributed by atoms with Crippen LogP contribution in [0.3, 0.4) is 0 Å². The molecule has 1 fully saturated rings. The van der Waals surface area contributed by atoms with Crippen molar-refractivity contribution >= 4 is 17.0 Å². The smallest absolute Gasteiger partial charge is 0.369 e. The second-order valence-electron chi connectivity index (χ2n) is 8.18. The molecule has 5 nitrogen and oxygen atoms in total. The number of carbonyl (C=O) groups excluding carboxylic acids is 1. The van der Waals surface area contributed by atoms with Crippen LogP contribution in [0, 0.1) is 5.92 Å². The molecule has 12 heteroatoms. The summed E-state index contributed by atoms with van der Waals surface area (Å²) in [6, 6.07) is 8.45. The summed E-state index contributed by atoms with van der Waals surface area (Å²) in [5, 5.41) is 11.5. The monoisotopic (exact) mass is 509 g/mol. The fourth-order valence-electron chi connectivity index (χ4n) is 3.64. The zero-order chi connectivity index (χ0) is 25.5. The summed E-state index contributed by atoms with van der Waals surface area (Å²) >= 11 is -2.02. The van der Waals surface area contributed by atoms with Gasteiger partial charge in [-0.25, -0.2) is 4.21 Å². The molecule has 1 aliphatic carbocycles. The summed E-state index contributed by atoms with van der Waals surface area (Å²) in [6.45, 7) is 1.62. The van der Waals surface area contributed by atoms with Gasteiger partial charge in [-0.2, -0.15) is 26.3 Å². The molecule has 3 atom stereocenters. The summed E-state index contributed by atoms with van der Waals surface area (Å²) in [4.78, 5) is 12.5. The van der Waals surface area contributed by atoms with E-state index in [-0.39, 0.29) is 11.5 Å². The van der Waals surface area contributed by atoms with Gasteiger partial charge in [0, 0.05) is 11.1 Å². The van der Waals surface area contributed by atoms with Crippen LogP contribution in [-0.4, -0.2) is 32.1 Å². The second kappa shape index (κ2) is 9.31. The van der Waals surface area contributed by atoms with Crippen molar-refractivity contribution in [1.82, 2.24) is 5.32 Å². The van der Waals surface area contributed by atoms with E-state index < -0.39 is 51.8 Å². The van der Waals surface area contributed by atoms with Crippen molar-refractivity contribution in [2.75, 3.05) is 0 Å². The number of hydrogen-bond donors (Lipinski definition) is 3. The maximum absolute atomic E-state index is 13.0. The predicted octanol–water partition coefficient (Wildman–Crippen LogP) is 5.16. The SMILES string of the molecule is C[C@@H](NC(=O)c1ccc(C(O)(C(F)(F)F)C(F)(F)F)cc1)c1ccc(C(C2CC2)S(=O)O)cc1. The molecule has 2 unspecified atom stereocenters. The van der Waals surface area contributed by atoms with Gasteiger partial charge in [-0.1, -0.05) is 36.4 Å². The Morgan fingerprint density at radius 2 is 1.41 bits per heavy atom. The van der Waals surface area contributed by atoms with Crippen molar-refractivity contribution < 1.29 is 45.0 Å². The van der Waals surface area contributed by atoms with Crippen LogP contribution in [0.1, 0.15) is 58.1 Å². The first-order chi connectivity index (χ1) is 15.7. The van der Waals surface area contributed by atoms with Gasteiger partial charge in [-0.3, -0.25) is 4.79 Å². The molecular weight excluding hydrogens is 488 g/mol. The van der Waals surface area contributed by atoms with Crippen LogP contribution in [0.25, 0.3) is 0 Å². The number of halogens is 6. The van der Waals surface area contributed by atoms with Gasteiger partial charge < -0.3 is 15.0 Å². The highest BCUT2D eigenvalue weighted by Crippen LogP contribution is 2.50. The number of rotatable bonds is 7. The summed E-state index contributed by atoms with van der Waals surface area (Å²) in [5.74, 6) is -0.609. The van der Waals surface area contributed by atoms with Gasteiger partial charge in [0.15, 0.2) is 11.1 Å². The summed E-state index contributed by atoms with van der Waals surface area (Å²) in [6.07, 6.45) is -10.3. The molecule has 1 amide bonds. The van der Waals surface area contributed by atoms with E-state index in [9.17, 15) is 45.0 Å². The lowest BCUT2D eigenvalue weighted by Crippen LogP contribution is -2.53. The maximum atomic E-state index is 13.0. The minimum atomic E-state index is -6.02. The fourth-order valence-corrected chi connectivity index (χ4v) is 4.63. The molecule has 2 aromatic rings. The molecule has 0 heterocycles. The first-order valence-corrected chi connectivity index (χ1v) is 11.3. The zero-order valence-corrected chi connectivity index (χ0v) is 18.5. The van der Waals surface area contributed by atoms with Crippen molar-refractivity contribution in [2.24, 2.45) is 5.92 Å². The first kappa shape index (κ1) is 26.2. The van der Waals surface area contributed by atoms with E-state index in [1.54, 1.807) is 31.2 Å². The molecule has 2 aromatic carbocycles. The van der Waals surface area contributed by atoms with E-state index in [0.717, 1.165) is 25.0 Å². The maximum Gasteiger partial charge on any atom is 0.430 e. The van der Waals surface area contributed by atoms with Gasteiger partial charge in [0.05, 0.1) is 11.3 Å². The number of alkyl halides is 6. The Bertz CT molecular complexity index is 1040. The van der Waals surface area contributed by atoms with Crippen LogP contribution in [-0.2, 0) is 16.7 Å². The second-order valence-corrected chi connectivity index (χ2v) is 9.24. The third-order valence-electron chi connectivity index (χ3n) is 5.77. The van der Waals surface area contributed by atoms with Crippen LogP contribution in [0.4, 0.5) is 26.3 Å². The quantitative estimate of drug-likeness (QED) is 0.356. The summed E-state index contributed by atoms with van der Waals surface area (Å²) in [7, 11) is 0. The molecular formula is C22H21F6NO4S. The largest absolute Gasteiger partial charge is 0.430 e. The third-order valence-corrected chi connectivity index (χ3v) is 6.86. The number of nitrogens with one attached hydrogen (secondary N) is 1. The number of hydrogen-bond acceptors (Lipinski definition) is 3. The lowest BCUT2D eigenvalue weighted by atomic mass is 9.91. The Balaban J connectivity index is 1.73. The topological polar surface area (TPSA) is 86.6 Å². The van der Waals surface area contributed by atoms with Crippen molar-refractivity contribution in [2.45, 2.75) is 49.0 Å². The Morgan fingerprint density at radius 1 is 0.941 bits per heavy atom. The van der Waals surface area contributed by atoms with E-state index in [2.05, 4.69) is 5.32 Å². The molecule has 3 rings (SSSR count). The Hall–Kier alpha value is -2.44. The summed E-state index contributed by atoms with van der Waals surface area (Å²) in [5.41, 5.74) is -5.42. The normalized spacial score (nSPS) is 17.7. The van der Waals surface area contributed by atoms with E-state index in [1.165, 1.54) is 0 Å². The molecule has 0 aromatic heterocycles. The molecule has 0 bridgehead atoms. The number of amides is 1. The molecule has 0 aliphatic heterocycles. The van der Waals surface area contributed by atoms with Gasteiger partial charge in [0.2, 0.25) is 0 Å². The highest BCUT2D eigenvalue weighted by atomic mass is 32.2. The van der Waals surface area contributed by atoms with Crippen LogP contribution < -0.4 is 5.32 Å². The highest BCUT2D eigenvalue weighted by molar-refractivity contribution is 7.79. The standard InChI is InChI=1S/C22H21F6NO4S/c1-12(13-2-4-14(5-3-13)18(34(32)33)15-6-7-15)29-19(30)16-8-10-17(11-9-16)20(31,21(23,24)25)22(26,27)28/h2-5,8-12,15,18,31H,6-7H2,1H3,(H,29,30)(H,32,33)/t12-,18?/m1/s1. The van der Waals surface area contributed by atoms with Crippen LogP contribution >= 0.6 is 0 Å². The van der Waals surface area contributed by atoms with Crippen LogP contribution in [0.2, 0.25) is 0 Å². The average molecular weight is 509 g/mol. The minimum Gasteiger partial charge on any atom is -0.369 e. The molecule has 34 heavy (non-hydrogen) atoms. The van der Waals surface area contributed by atoms with Crippen LogP contribution in [0.15, 0.2) is 48.5 Å². The fraction of sp³-hybridized carbons (Fsp3) is 0.409. The van der Waals surface area contributed by atoms with E-state index in [0.29, 0.717) is 23.3 Å². The van der Waals surface area contributed by atoms with Gasteiger partial charge in [-0.05, 0) is 48.9 Å². The van der Waals surface area contributed by atoms with Crippen molar-refractivity contribution in [3.63, 3.8) is 0 Å². The first-order valence-electron chi connectivity index (χ1n) is 10.1. The van der Waals surface area contributed by atoms with Crippen molar-refractivity contribution in [3.8, 4) is 0 Å². The van der Waals surface area contributed by atoms with Gasteiger partial charge in [0.1, 0.15) is 0 Å². The molecule has 186 valence electrons. The van der Waals surface area contributed by atoms with Gasteiger partial charge in [-0.15, -0.1) is 0 Å². The Kier molecular flexibility index (Phi) is 7.16. The minimum absolute atomic E-state index is 0.143.